The molecule has 0 radical (unpaired) electrons. The number of amides is 4. The Kier molecular flexibility index (Phi) is 14.3. The van der Waals surface area contributed by atoms with Crippen molar-refractivity contribution >= 4 is 23.8 Å². The van der Waals surface area contributed by atoms with E-state index in [-0.39, 0.29) is 44.3 Å². The van der Waals surface area contributed by atoms with Crippen LogP contribution in [0.4, 0.5) is 4.79 Å². The molecule has 0 saturated heterocycles. The van der Waals surface area contributed by atoms with Crippen molar-refractivity contribution in [2.75, 3.05) is 13.2 Å². The minimum Gasteiger partial charge on any atom is -0.445 e. The number of carbonyl (C=O) groups is 4. The van der Waals surface area contributed by atoms with Crippen LogP contribution in [0.2, 0.25) is 0 Å². The summed E-state index contributed by atoms with van der Waals surface area (Å²) in [5.41, 5.74) is 1.32. The molecule has 0 unspecified atom stereocenters. The number of rotatable bonds is 6. The minimum absolute atomic E-state index is 0.0322. The van der Waals surface area contributed by atoms with Gasteiger partial charge in [0.25, 0.3) is 0 Å². The lowest BCUT2D eigenvalue weighted by atomic mass is 9.84. The molecule has 1 saturated carbocycles. The number of fused-ring (bicyclic) bond motifs is 2. The predicted molar refractivity (Wildman–Crippen MR) is 170 cm³/mol. The Balaban J connectivity index is 1.52. The number of aliphatic hydroxyl groups is 1. The first-order valence-corrected chi connectivity index (χ1v) is 16.7. The summed E-state index contributed by atoms with van der Waals surface area (Å²) in [4.78, 5) is 52.7. The van der Waals surface area contributed by atoms with Crippen LogP contribution in [0.1, 0.15) is 88.3 Å². The SMILES string of the molecule is O=C1CC[C@@H](CO)NC(=O)[C@H](CC2CCCCC2)NC(=O)[C@@H](NC(=O)OCc2ccccc2)Cc2cn(nn2)CCCCCCN1. The van der Waals surface area contributed by atoms with E-state index in [1.807, 2.05) is 30.3 Å². The van der Waals surface area contributed by atoms with E-state index >= 15 is 0 Å². The summed E-state index contributed by atoms with van der Waals surface area (Å²) in [6.07, 6.45) is 10.7. The van der Waals surface area contributed by atoms with Gasteiger partial charge in [-0.25, -0.2) is 4.79 Å². The van der Waals surface area contributed by atoms with Crippen LogP contribution < -0.4 is 21.3 Å². The Labute approximate surface area is 270 Å². The van der Waals surface area contributed by atoms with Crippen molar-refractivity contribution in [3.63, 3.8) is 0 Å². The Morgan fingerprint density at radius 3 is 2.50 bits per heavy atom. The molecular formula is C33H49N7O6. The molecule has 46 heavy (non-hydrogen) atoms. The van der Waals surface area contributed by atoms with Gasteiger partial charge in [0.2, 0.25) is 17.7 Å². The first kappa shape index (κ1) is 34.9. The second-order valence-electron chi connectivity index (χ2n) is 12.4. The molecule has 13 nitrogen and oxygen atoms in total. The topological polar surface area (TPSA) is 177 Å². The zero-order valence-electron chi connectivity index (χ0n) is 26.6. The van der Waals surface area contributed by atoms with E-state index < -0.39 is 36.0 Å². The number of carbonyl (C=O) groups excluding carboxylic acids is 4. The Morgan fingerprint density at radius 1 is 0.957 bits per heavy atom. The van der Waals surface area contributed by atoms with Crippen molar-refractivity contribution in [1.82, 2.24) is 36.3 Å². The highest BCUT2D eigenvalue weighted by atomic mass is 16.5. The first-order valence-electron chi connectivity index (χ1n) is 16.7. The van der Waals surface area contributed by atoms with Crippen molar-refractivity contribution in [3.05, 3.63) is 47.8 Å². The van der Waals surface area contributed by atoms with Gasteiger partial charge in [0.1, 0.15) is 18.7 Å². The van der Waals surface area contributed by atoms with E-state index in [4.69, 9.17) is 4.74 Å². The van der Waals surface area contributed by atoms with E-state index in [1.54, 1.807) is 10.9 Å². The number of benzene rings is 1. The Hall–Kier alpha value is -4.00. The van der Waals surface area contributed by atoms with Gasteiger partial charge in [-0.05, 0) is 37.2 Å². The number of ether oxygens (including phenoxy) is 1. The molecular weight excluding hydrogens is 590 g/mol. The van der Waals surface area contributed by atoms with Crippen LogP contribution in [0.5, 0.6) is 0 Å². The summed E-state index contributed by atoms with van der Waals surface area (Å²) in [7, 11) is 0. The molecule has 2 bridgehead atoms. The first-order chi connectivity index (χ1) is 22.4. The summed E-state index contributed by atoms with van der Waals surface area (Å²) in [5, 5.41) is 29.8. The van der Waals surface area contributed by atoms with Crippen molar-refractivity contribution in [2.24, 2.45) is 5.92 Å². The maximum Gasteiger partial charge on any atom is 0.408 e. The van der Waals surface area contributed by atoms with Crippen molar-refractivity contribution in [1.29, 1.82) is 0 Å². The fourth-order valence-corrected chi connectivity index (χ4v) is 6.01. The van der Waals surface area contributed by atoms with Gasteiger partial charge in [0.05, 0.1) is 18.3 Å². The molecule has 5 N–H and O–H groups in total. The molecule has 2 heterocycles. The molecule has 4 amide bonds. The zero-order valence-corrected chi connectivity index (χ0v) is 26.6. The van der Waals surface area contributed by atoms with Gasteiger partial charge in [0.15, 0.2) is 0 Å². The molecule has 1 aromatic carbocycles. The molecule has 3 atom stereocenters. The molecule has 1 aliphatic carbocycles. The molecule has 2 aromatic rings. The quantitative estimate of drug-likeness (QED) is 0.320. The predicted octanol–water partition coefficient (Wildman–Crippen LogP) is 2.52. The lowest BCUT2D eigenvalue weighted by molar-refractivity contribution is -0.131. The monoisotopic (exact) mass is 639 g/mol. The lowest BCUT2D eigenvalue weighted by Crippen LogP contribution is -2.56. The van der Waals surface area contributed by atoms with Crippen LogP contribution in [0, 0.1) is 5.92 Å². The van der Waals surface area contributed by atoms with Crippen LogP contribution in [0.3, 0.4) is 0 Å². The molecule has 1 aliphatic heterocycles. The number of alkyl carbamates (subject to hydrolysis) is 1. The summed E-state index contributed by atoms with van der Waals surface area (Å²) in [6, 6.07) is 6.60. The molecule has 252 valence electrons. The van der Waals surface area contributed by atoms with Crippen LogP contribution in [0.15, 0.2) is 36.5 Å². The third kappa shape index (κ3) is 12.1. The highest BCUT2D eigenvalue weighted by Crippen LogP contribution is 2.27. The smallest absolute Gasteiger partial charge is 0.408 e. The van der Waals surface area contributed by atoms with E-state index in [0.29, 0.717) is 25.2 Å². The van der Waals surface area contributed by atoms with Gasteiger partial charge < -0.3 is 31.1 Å². The van der Waals surface area contributed by atoms with Gasteiger partial charge in [-0.15, -0.1) is 5.10 Å². The summed E-state index contributed by atoms with van der Waals surface area (Å²) >= 11 is 0. The second-order valence-corrected chi connectivity index (χ2v) is 12.4. The number of aliphatic hydroxyl groups excluding tert-OH is 1. The highest BCUT2D eigenvalue weighted by Gasteiger charge is 2.31. The van der Waals surface area contributed by atoms with Gasteiger partial charge >= 0.3 is 6.09 Å². The van der Waals surface area contributed by atoms with Crippen molar-refractivity contribution < 1.29 is 29.0 Å². The standard InChI is InChI=1S/C33H49N7O6/c41-22-26-15-16-30(42)34-17-9-1-2-10-18-40-21-27(38-39-40)20-29(37-33(45)46-23-25-13-7-4-8-14-25)32(44)36-28(31(43)35-26)19-24-11-5-3-6-12-24/h4,7-8,13-14,21,24,26,28-29,41H,1-3,5-6,9-12,15-20,22-23H2,(H,34,42)(H,35,43)(H,36,44)(H,37,45)/t26-,28-,29-/m0/s1. The number of hydrogen-bond acceptors (Lipinski definition) is 8. The van der Waals surface area contributed by atoms with Crippen LogP contribution in [-0.2, 0) is 38.7 Å². The van der Waals surface area contributed by atoms with Gasteiger partial charge in [-0.2, -0.15) is 0 Å². The number of nitrogens with zero attached hydrogens (tertiary/aromatic N) is 3. The highest BCUT2D eigenvalue weighted by molar-refractivity contribution is 5.91. The second kappa shape index (κ2) is 18.8. The molecule has 1 fully saturated rings. The van der Waals surface area contributed by atoms with Crippen LogP contribution in [-0.4, -0.2) is 75.2 Å². The number of aromatic nitrogens is 3. The van der Waals surface area contributed by atoms with Crippen LogP contribution in [0.25, 0.3) is 0 Å². The average molecular weight is 640 g/mol. The number of aryl methyl sites for hydroxylation is 1. The molecule has 4 rings (SSSR count). The zero-order chi connectivity index (χ0) is 32.6. The third-order valence-electron chi connectivity index (χ3n) is 8.67. The van der Waals surface area contributed by atoms with Gasteiger partial charge in [-0.1, -0.05) is 80.5 Å². The minimum atomic E-state index is -1.08. The van der Waals surface area contributed by atoms with E-state index in [9.17, 15) is 24.3 Å². The van der Waals surface area contributed by atoms with Crippen molar-refractivity contribution in [2.45, 2.75) is 115 Å². The summed E-state index contributed by atoms with van der Waals surface area (Å²) in [6.45, 7) is 0.912. The van der Waals surface area contributed by atoms with Gasteiger partial charge in [-0.3, -0.25) is 19.1 Å². The summed E-state index contributed by atoms with van der Waals surface area (Å²) < 4.78 is 7.13. The van der Waals surface area contributed by atoms with E-state index in [1.165, 1.54) is 0 Å². The van der Waals surface area contributed by atoms with Gasteiger partial charge in [0, 0.05) is 32.1 Å². The number of nitrogens with one attached hydrogen (secondary N) is 4. The van der Waals surface area contributed by atoms with Crippen LogP contribution >= 0.6 is 0 Å². The number of hydrogen-bond donors (Lipinski definition) is 5. The molecule has 13 heteroatoms. The Bertz CT molecular complexity index is 1250. The lowest BCUT2D eigenvalue weighted by Gasteiger charge is -2.29. The molecule has 1 aromatic heterocycles. The molecule has 0 spiro atoms. The largest absolute Gasteiger partial charge is 0.445 e. The average Bonchev–Trinajstić information content (AvgIpc) is 3.52. The third-order valence-corrected chi connectivity index (χ3v) is 8.67. The Morgan fingerprint density at radius 2 is 1.72 bits per heavy atom. The maximum absolute atomic E-state index is 13.8. The van der Waals surface area contributed by atoms with E-state index in [0.717, 1.165) is 63.4 Å². The molecule has 2 aliphatic rings. The fraction of sp³-hybridized carbons (Fsp3) is 0.636. The van der Waals surface area contributed by atoms with E-state index in [2.05, 4.69) is 31.6 Å². The van der Waals surface area contributed by atoms with Crippen molar-refractivity contribution in [3.8, 4) is 0 Å². The normalized spacial score (nSPS) is 23.2. The fourth-order valence-electron chi connectivity index (χ4n) is 6.01. The summed E-state index contributed by atoms with van der Waals surface area (Å²) in [5.74, 6) is -0.859. The maximum atomic E-state index is 13.8.